The van der Waals surface area contributed by atoms with Crippen LogP contribution in [0.2, 0.25) is 0 Å². The Labute approximate surface area is 119 Å². The van der Waals surface area contributed by atoms with Crippen LogP contribution in [0.4, 0.5) is 0 Å². The molecule has 0 atom stereocenters. The molecule has 0 bridgehead atoms. The molecule has 0 heterocycles. The van der Waals surface area contributed by atoms with Gasteiger partial charge in [0.2, 0.25) is 5.91 Å². The second-order valence-corrected chi connectivity index (χ2v) is 7.63. The highest BCUT2D eigenvalue weighted by molar-refractivity contribution is 7.90. The molecule has 0 saturated heterocycles. The number of nitrogens with one attached hydrogen (secondary N) is 1. The Bertz CT molecular complexity index is 467. The van der Waals surface area contributed by atoms with Crippen LogP contribution in [0, 0.1) is 5.41 Å². The summed E-state index contributed by atoms with van der Waals surface area (Å²) in [5.74, 6) is -0.303. The number of nitrogens with zero attached hydrogens (tertiary/aromatic N) is 1. The Morgan fingerprint density at radius 2 is 1.95 bits per heavy atom. The molecule has 0 spiro atoms. The van der Waals surface area contributed by atoms with E-state index in [4.69, 9.17) is 10.9 Å². The summed E-state index contributed by atoms with van der Waals surface area (Å²) in [6.45, 7) is 0.270. The van der Waals surface area contributed by atoms with Crippen LogP contribution < -0.4 is 11.1 Å². The van der Waals surface area contributed by atoms with Crippen LogP contribution in [0.5, 0.6) is 0 Å². The first-order valence-corrected chi connectivity index (χ1v) is 8.82. The maximum Gasteiger partial charge on any atom is 0.233 e. The molecule has 0 unspecified atom stereocenters. The molecule has 0 radical (unpaired) electrons. The van der Waals surface area contributed by atoms with Crippen molar-refractivity contribution in [2.45, 2.75) is 38.5 Å². The Hall–Kier alpha value is -1.31. The van der Waals surface area contributed by atoms with Crippen molar-refractivity contribution in [1.29, 1.82) is 0 Å². The molecule has 1 aliphatic carbocycles. The van der Waals surface area contributed by atoms with E-state index >= 15 is 0 Å². The van der Waals surface area contributed by atoms with Crippen molar-refractivity contribution in [2.24, 2.45) is 16.3 Å². The van der Waals surface area contributed by atoms with Crippen LogP contribution in [-0.2, 0) is 14.6 Å². The van der Waals surface area contributed by atoms with Crippen molar-refractivity contribution in [3.05, 3.63) is 0 Å². The van der Waals surface area contributed by atoms with Gasteiger partial charge >= 0.3 is 0 Å². The number of oxime groups is 1. The monoisotopic (exact) mass is 305 g/mol. The van der Waals surface area contributed by atoms with Crippen LogP contribution in [0.3, 0.4) is 0 Å². The second kappa shape index (κ2) is 6.92. The molecule has 8 heteroatoms. The van der Waals surface area contributed by atoms with E-state index in [2.05, 4.69) is 10.5 Å². The highest BCUT2D eigenvalue weighted by Crippen LogP contribution is 2.36. The van der Waals surface area contributed by atoms with E-state index in [0.29, 0.717) is 19.3 Å². The Morgan fingerprint density at radius 3 is 2.45 bits per heavy atom. The first-order valence-electron chi connectivity index (χ1n) is 6.76. The third kappa shape index (κ3) is 4.36. The van der Waals surface area contributed by atoms with Gasteiger partial charge in [0.25, 0.3) is 0 Å². The summed E-state index contributed by atoms with van der Waals surface area (Å²) in [5.41, 5.74) is 4.75. The lowest BCUT2D eigenvalue weighted by Gasteiger charge is -2.34. The fourth-order valence-electron chi connectivity index (χ4n) is 2.56. The molecule has 0 aromatic heterocycles. The van der Waals surface area contributed by atoms with Gasteiger partial charge in [-0.25, -0.2) is 8.42 Å². The quantitative estimate of drug-likeness (QED) is 0.213. The fourth-order valence-corrected chi connectivity index (χ4v) is 3.22. The van der Waals surface area contributed by atoms with Crippen molar-refractivity contribution < 1.29 is 18.4 Å². The summed E-state index contributed by atoms with van der Waals surface area (Å²) in [6.07, 6.45) is 5.37. The highest BCUT2D eigenvalue weighted by Gasteiger charge is 2.43. The van der Waals surface area contributed by atoms with Gasteiger partial charge < -0.3 is 16.3 Å². The third-order valence-electron chi connectivity index (χ3n) is 3.72. The third-order valence-corrected chi connectivity index (χ3v) is 4.75. The van der Waals surface area contributed by atoms with Gasteiger partial charge in [0, 0.05) is 12.8 Å². The zero-order chi connectivity index (χ0) is 15.2. The van der Waals surface area contributed by atoms with Crippen LogP contribution in [0.1, 0.15) is 38.5 Å². The number of rotatable bonds is 6. The standard InChI is InChI=1S/C12H23N3O4S/c1-20(18,19)9-5-8-14-11(16)12(10(13)15-17)6-3-2-4-7-12/h17H,2-9H2,1H3,(H2,13,15)(H,14,16). The van der Waals surface area contributed by atoms with Crippen LogP contribution in [0.25, 0.3) is 0 Å². The summed E-state index contributed by atoms with van der Waals surface area (Å²) in [7, 11) is -3.02. The smallest absolute Gasteiger partial charge is 0.233 e. The van der Waals surface area contributed by atoms with Crippen molar-refractivity contribution in [2.75, 3.05) is 18.6 Å². The van der Waals surface area contributed by atoms with Crippen molar-refractivity contribution in [1.82, 2.24) is 5.32 Å². The topological polar surface area (TPSA) is 122 Å². The van der Waals surface area contributed by atoms with Gasteiger partial charge in [-0.05, 0) is 19.3 Å². The Balaban J connectivity index is 2.61. The number of carbonyl (C=O) groups excluding carboxylic acids is 1. The fraction of sp³-hybridized carbons (Fsp3) is 0.833. The predicted molar refractivity (Wildman–Crippen MR) is 76.3 cm³/mol. The molecule has 7 nitrogen and oxygen atoms in total. The molecule has 1 rings (SSSR count). The highest BCUT2D eigenvalue weighted by atomic mass is 32.2. The molecule has 4 N–H and O–H groups in total. The first kappa shape index (κ1) is 16.7. The van der Waals surface area contributed by atoms with Gasteiger partial charge in [-0.1, -0.05) is 24.4 Å². The zero-order valence-electron chi connectivity index (χ0n) is 11.8. The second-order valence-electron chi connectivity index (χ2n) is 5.37. The summed E-state index contributed by atoms with van der Waals surface area (Å²) in [6, 6.07) is 0. The number of carbonyl (C=O) groups is 1. The average Bonchev–Trinajstić information content (AvgIpc) is 2.42. The summed E-state index contributed by atoms with van der Waals surface area (Å²) in [4.78, 5) is 12.3. The van der Waals surface area contributed by atoms with Gasteiger partial charge in [0.1, 0.15) is 15.3 Å². The van der Waals surface area contributed by atoms with Gasteiger partial charge in [-0.3, -0.25) is 4.79 Å². The minimum absolute atomic E-state index is 0.0316. The number of amidine groups is 1. The molecule has 0 aliphatic heterocycles. The molecule has 116 valence electrons. The number of sulfone groups is 1. The summed E-state index contributed by atoms with van der Waals surface area (Å²) in [5, 5.41) is 14.6. The van der Waals surface area contributed by atoms with E-state index in [-0.39, 0.29) is 24.0 Å². The van der Waals surface area contributed by atoms with Crippen molar-refractivity contribution >= 4 is 21.6 Å². The van der Waals surface area contributed by atoms with Crippen LogP contribution in [0.15, 0.2) is 5.16 Å². The molecule has 1 amide bonds. The SMILES string of the molecule is CS(=O)(=O)CCCNC(=O)C1(C(N)=NO)CCCCC1. The molecule has 1 saturated carbocycles. The van der Waals surface area contributed by atoms with E-state index in [9.17, 15) is 13.2 Å². The normalized spacial score (nSPS) is 19.6. The lowest BCUT2D eigenvalue weighted by atomic mass is 9.72. The largest absolute Gasteiger partial charge is 0.409 e. The number of nitrogens with two attached hydrogens (primary N) is 1. The molecule has 20 heavy (non-hydrogen) atoms. The van der Waals surface area contributed by atoms with Crippen molar-refractivity contribution in [3.8, 4) is 0 Å². The van der Waals surface area contributed by atoms with Crippen LogP contribution in [-0.4, -0.2) is 43.9 Å². The molecule has 0 aromatic rings. The van der Waals surface area contributed by atoms with E-state index in [0.717, 1.165) is 25.5 Å². The van der Waals surface area contributed by atoms with E-state index in [1.807, 2.05) is 0 Å². The van der Waals surface area contributed by atoms with Gasteiger partial charge in [-0.15, -0.1) is 0 Å². The maximum atomic E-state index is 12.3. The number of hydrogen-bond acceptors (Lipinski definition) is 5. The Kier molecular flexibility index (Phi) is 5.79. The van der Waals surface area contributed by atoms with E-state index < -0.39 is 15.3 Å². The lowest BCUT2D eigenvalue weighted by Crippen LogP contribution is -2.51. The van der Waals surface area contributed by atoms with Gasteiger partial charge in [-0.2, -0.15) is 0 Å². The molecular formula is C12H23N3O4S. The van der Waals surface area contributed by atoms with E-state index in [1.165, 1.54) is 0 Å². The number of amides is 1. The molecule has 0 aromatic carbocycles. The average molecular weight is 305 g/mol. The Morgan fingerprint density at radius 1 is 1.35 bits per heavy atom. The lowest BCUT2D eigenvalue weighted by molar-refractivity contribution is -0.129. The minimum atomic E-state index is -3.02. The van der Waals surface area contributed by atoms with Gasteiger partial charge in [0.05, 0.1) is 5.75 Å². The van der Waals surface area contributed by atoms with Crippen LogP contribution >= 0.6 is 0 Å². The van der Waals surface area contributed by atoms with Crippen molar-refractivity contribution in [3.63, 3.8) is 0 Å². The summed E-state index contributed by atoms with van der Waals surface area (Å²) < 4.78 is 22.0. The first-order chi connectivity index (χ1) is 9.32. The molecule has 1 aliphatic rings. The summed E-state index contributed by atoms with van der Waals surface area (Å²) >= 11 is 0. The number of hydrogen-bond donors (Lipinski definition) is 3. The minimum Gasteiger partial charge on any atom is -0.409 e. The molecular weight excluding hydrogens is 282 g/mol. The molecule has 1 fully saturated rings. The zero-order valence-corrected chi connectivity index (χ0v) is 12.6. The van der Waals surface area contributed by atoms with E-state index in [1.54, 1.807) is 0 Å². The maximum absolute atomic E-state index is 12.3. The predicted octanol–water partition coefficient (Wildman–Crippen LogP) is 0.234. The van der Waals surface area contributed by atoms with Gasteiger partial charge in [0.15, 0.2) is 5.84 Å².